The first-order valence-electron chi connectivity index (χ1n) is 23.3. The van der Waals surface area contributed by atoms with E-state index in [1.54, 1.807) is 0 Å². The summed E-state index contributed by atoms with van der Waals surface area (Å²) in [5.74, 6) is 0. The minimum atomic E-state index is -3.04. The van der Waals surface area contributed by atoms with Crippen LogP contribution >= 0.6 is 41.2 Å². The third kappa shape index (κ3) is 14.1. The van der Waals surface area contributed by atoms with E-state index in [9.17, 15) is 0 Å². The van der Waals surface area contributed by atoms with Crippen LogP contribution in [0.2, 0.25) is 0 Å². The Hall–Kier alpha value is 1.59. The summed E-state index contributed by atoms with van der Waals surface area (Å²) in [4.78, 5) is 0.442. The van der Waals surface area contributed by atoms with Crippen LogP contribution in [0, 0.1) is 0 Å². The first kappa shape index (κ1) is 45.1. The third-order valence-electron chi connectivity index (χ3n) is 13.2. The topological polar surface area (TPSA) is 55.4 Å². The standard InChI is InChI=1S/C42H78O6S4Si2/c1-3-41(53(43-35-23-11-5-12-24-35,44-36-25-13-6-14-26-36)45-37-27-15-7-16-28-37)49-51-52-50-42(4-2)54(46-38-29-17-8-18-30-38,47-39-31-19-9-20-32-39)48-40-33-21-10-22-34-40/h35-42H,3-34H2,1-2H3. The normalized spacial score (nSPS) is 25.9. The van der Waals surface area contributed by atoms with Gasteiger partial charge in [-0.15, -0.1) is 0 Å². The quantitative estimate of drug-likeness (QED) is 0.0633. The SMILES string of the molecule is CCC(SSSSC(CC)[Si](OC1CCCCC1)(OC1CCCCC1)OC1CCCCC1)[Si](OC1CCCCC1)(OC1CCCCC1)OC1CCCCC1. The van der Waals surface area contributed by atoms with Gasteiger partial charge in [0, 0.05) is 36.6 Å². The molecule has 6 aliphatic carbocycles. The average Bonchev–Trinajstić information content (AvgIpc) is 3.21. The molecule has 12 heteroatoms. The van der Waals surface area contributed by atoms with Crippen molar-refractivity contribution in [2.75, 3.05) is 0 Å². The van der Waals surface area contributed by atoms with Crippen LogP contribution in [0.4, 0.5) is 0 Å². The first-order chi connectivity index (χ1) is 26.6. The Bertz CT molecular complexity index is 821. The Morgan fingerprint density at radius 1 is 0.333 bits per heavy atom. The van der Waals surface area contributed by atoms with Gasteiger partial charge in [-0.1, -0.05) is 151 Å². The predicted molar refractivity (Wildman–Crippen MR) is 238 cm³/mol. The van der Waals surface area contributed by atoms with Crippen LogP contribution in [0.25, 0.3) is 0 Å². The highest BCUT2D eigenvalue weighted by atomic mass is 33.7. The van der Waals surface area contributed by atoms with Crippen molar-refractivity contribution in [3.63, 3.8) is 0 Å². The Kier molecular flexibility index (Phi) is 20.7. The van der Waals surface area contributed by atoms with Gasteiger partial charge in [0.1, 0.15) is 0 Å². The summed E-state index contributed by atoms with van der Waals surface area (Å²) in [6.07, 6.45) is 40.8. The highest BCUT2D eigenvalue weighted by Crippen LogP contribution is 2.53. The highest BCUT2D eigenvalue weighted by Gasteiger charge is 2.56. The molecule has 6 fully saturated rings. The molecule has 0 saturated heterocycles. The smallest absolute Gasteiger partial charge is 0.370 e. The third-order valence-corrected chi connectivity index (χ3v) is 29.8. The second-order valence-electron chi connectivity index (χ2n) is 17.6. The lowest BCUT2D eigenvalue weighted by Gasteiger charge is -2.44. The molecule has 6 saturated carbocycles. The fourth-order valence-electron chi connectivity index (χ4n) is 9.99. The zero-order chi connectivity index (χ0) is 37.3. The molecule has 2 atom stereocenters. The van der Waals surface area contributed by atoms with Crippen LogP contribution in [0.1, 0.15) is 219 Å². The van der Waals surface area contributed by atoms with Gasteiger partial charge in [-0.3, -0.25) is 0 Å². The zero-order valence-electron chi connectivity index (χ0n) is 34.3. The lowest BCUT2D eigenvalue weighted by molar-refractivity contribution is -0.0428. The molecule has 0 aliphatic heterocycles. The molecule has 0 N–H and O–H groups in total. The van der Waals surface area contributed by atoms with Crippen molar-refractivity contribution in [1.29, 1.82) is 0 Å². The Labute approximate surface area is 349 Å². The molecule has 0 heterocycles. The highest BCUT2D eigenvalue weighted by molar-refractivity contribution is 9.26. The van der Waals surface area contributed by atoms with Crippen molar-refractivity contribution in [3.05, 3.63) is 0 Å². The summed E-state index contributed by atoms with van der Waals surface area (Å²) >= 11 is 0. The van der Waals surface area contributed by atoms with Crippen LogP contribution in [-0.4, -0.2) is 64.0 Å². The molecule has 2 unspecified atom stereocenters. The number of hydrogen-bond donors (Lipinski definition) is 0. The van der Waals surface area contributed by atoms with Gasteiger partial charge in [0.25, 0.3) is 0 Å². The van der Waals surface area contributed by atoms with Gasteiger partial charge in [0.05, 0.1) is 9.75 Å². The van der Waals surface area contributed by atoms with Crippen molar-refractivity contribution < 1.29 is 26.6 Å². The van der Waals surface area contributed by atoms with E-state index in [1.165, 1.54) is 116 Å². The van der Waals surface area contributed by atoms with Crippen LogP contribution in [0.5, 0.6) is 0 Å². The lowest BCUT2D eigenvalue weighted by atomic mass is 9.98. The largest absolute Gasteiger partial charge is 0.516 e. The molecule has 0 aromatic heterocycles. The Morgan fingerprint density at radius 2 is 0.519 bits per heavy atom. The fraction of sp³-hybridized carbons (Fsp3) is 1.00. The lowest BCUT2D eigenvalue weighted by Crippen LogP contribution is -2.60. The molecule has 6 rings (SSSR count). The molecule has 314 valence electrons. The van der Waals surface area contributed by atoms with Crippen molar-refractivity contribution in [1.82, 2.24) is 0 Å². The molecule has 0 spiro atoms. The number of rotatable bonds is 21. The van der Waals surface area contributed by atoms with Gasteiger partial charge >= 0.3 is 17.6 Å². The molecule has 0 amide bonds. The molecular weight excluding hydrogens is 785 g/mol. The minimum absolute atomic E-state index is 0.221. The molecular formula is C42H78O6S4Si2. The van der Waals surface area contributed by atoms with E-state index in [0.717, 1.165) is 89.9 Å². The summed E-state index contributed by atoms with van der Waals surface area (Å²) in [7, 11) is 1.81. The summed E-state index contributed by atoms with van der Waals surface area (Å²) in [6.45, 7) is 4.72. The predicted octanol–water partition coefficient (Wildman–Crippen LogP) is 14.3. The van der Waals surface area contributed by atoms with E-state index in [-0.39, 0.29) is 46.4 Å². The average molecular weight is 864 g/mol. The van der Waals surface area contributed by atoms with E-state index < -0.39 is 17.6 Å². The van der Waals surface area contributed by atoms with Crippen LogP contribution < -0.4 is 0 Å². The van der Waals surface area contributed by atoms with Crippen LogP contribution in [0.15, 0.2) is 0 Å². The summed E-state index contributed by atoms with van der Waals surface area (Å²) in [6, 6.07) is 0. The zero-order valence-corrected chi connectivity index (χ0v) is 39.6. The first-order valence-corrected chi connectivity index (χ1v) is 31.9. The molecule has 0 aromatic rings. The molecule has 0 radical (unpaired) electrons. The Balaban J connectivity index is 1.19. The van der Waals surface area contributed by atoms with E-state index >= 15 is 0 Å². The maximum Gasteiger partial charge on any atom is 0.516 e. The maximum absolute atomic E-state index is 7.44. The van der Waals surface area contributed by atoms with Gasteiger partial charge in [-0.25, -0.2) is 0 Å². The summed E-state index contributed by atoms with van der Waals surface area (Å²) in [5, 5.41) is 0. The van der Waals surface area contributed by atoms with E-state index in [4.69, 9.17) is 26.6 Å². The van der Waals surface area contributed by atoms with E-state index in [1.807, 2.05) is 41.2 Å². The van der Waals surface area contributed by atoms with Gasteiger partial charge in [-0.05, 0) is 110 Å². The molecule has 0 aromatic carbocycles. The number of hydrogen-bond acceptors (Lipinski definition) is 10. The van der Waals surface area contributed by atoms with Gasteiger partial charge in [-0.2, -0.15) is 0 Å². The van der Waals surface area contributed by atoms with Crippen molar-refractivity contribution in [2.24, 2.45) is 0 Å². The molecule has 54 heavy (non-hydrogen) atoms. The van der Waals surface area contributed by atoms with Crippen LogP contribution in [-0.2, 0) is 26.6 Å². The summed E-state index contributed by atoms with van der Waals surface area (Å²) < 4.78 is 44.6. The van der Waals surface area contributed by atoms with Gasteiger partial charge in [0.15, 0.2) is 0 Å². The van der Waals surface area contributed by atoms with Crippen molar-refractivity contribution in [2.45, 2.75) is 266 Å². The molecule has 0 bridgehead atoms. The van der Waals surface area contributed by atoms with E-state index in [0.29, 0.717) is 0 Å². The van der Waals surface area contributed by atoms with Gasteiger partial charge < -0.3 is 26.6 Å². The Morgan fingerprint density at radius 3 is 0.685 bits per heavy atom. The van der Waals surface area contributed by atoms with Crippen molar-refractivity contribution >= 4 is 58.8 Å². The van der Waals surface area contributed by atoms with Gasteiger partial charge in [0.2, 0.25) is 0 Å². The second kappa shape index (κ2) is 24.8. The molecule has 6 aliphatic rings. The molecule has 6 nitrogen and oxygen atoms in total. The monoisotopic (exact) mass is 862 g/mol. The van der Waals surface area contributed by atoms with Crippen LogP contribution in [0.3, 0.4) is 0 Å². The maximum atomic E-state index is 7.44. The van der Waals surface area contributed by atoms with E-state index in [2.05, 4.69) is 13.8 Å². The fourth-order valence-corrected chi connectivity index (χ4v) is 28.7. The minimum Gasteiger partial charge on any atom is -0.370 e. The van der Waals surface area contributed by atoms with Crippen molar-refractivity contribution in [3.8, 4) is 0 Å². The second-order valence-corrected chi connectivity index (χ2v) is 29.9. The summed E-state index contributed by atoms with van der Waals surface area (Å²) in [5.41, 5.74) is 0.